The van der Waals surface area contributed by atoms with E-state index in [1.807, 2.05) is 42.5 Å². The van der Waals surface area contributed by atoms with Gasteiger partial charge in [-0.25, -0.2) is 9.97 Å². The van der Waals surface area contributed by atoms with Gasteiger partial charge >= 0.3 is 0 Å². The molecule has 0 radical (unpaired) electrons. The number of thiazole rings is 1. The van der Waals surface area contributed by atoms with Gasteiger partial charge in [0.15, 0.2) is 11.7 Å². The van der Waals surface area contributed by atoms with E-state index in [2.05, 4.69) is 34.3 Å². The van der Waals surface area contributed by atoms with E-state index >= 15 is 0 Å². The van der Waals surface area contributed by atoms with Crippen LogP contribution in [0.25, 0.3) is 21.1 Å². The molecule has 5 rings (SSSR count). The lowest BCUT2D eigenvalue weighted by atomic mass is 9.99. The normalized spacial score (nSPS) is 14.8. The topological polar surface area (TPSA) is 67.3 Å². The zero-order valence-corrected chi connectivity index (χ0v) is 18.2. The molecule has 3 heterocycles. The summed E-state index contributed by atoms with van der Waals surface area (Å²) in [7, 11) is 0. The SMILES string of the molecule is CC1CCN(c2ccc3cccc(OCC(=O)Nc4nc5ccccc5s4)c3n2)CC1. The molecule has 1 aliphatic heterocycles. The molecule has 2 aromatic carbocycles. The van der Waals surface area contributed by atoms with Crippen LogP contribution in [0.15, 0.2) is 54.6 Å². The second kappa shape index (κ2) is 8.51. The molecule has 0 saturated carbocycles. The summed E-state index contributed by atoms with van der Waals surface area (Å²) in [5, 5.41) is 4.41. The Morgan fingerprint density at radius 3 is 2.77 bits per heavy atom. The summed E-state index contributed by atoms with van der Waals surface area (Å²) in [6, 6.07) is 17.8. The van der Waals surface area contributed by atoms with Gasteiger partial charge in [0.2, 0.25) is 0 Å². The van der Waals surface area contributed by atoms with Crippen molar-refractivity contribution in [2.24, 2.45) is 5.92 Å². The predicted molar refractivity (Wildman–Crippen MR) is 126 cm³/mol. The molecule has 1 saturated heterocycles. The van der Waals surface area contributed by atoms with E-state index in [-0.39, 0.29) is 12.5 Å². The Kier molecular flexibility index (Phi) is 5.42. The standard InChI is InChI=1S/C24H24N4O2S/c1-16-11-13-28(14-12-16)21-10-9-17-5-4-7-19(23(17)26-21)30-15-22(29)27-24-25-18-6-2-3-8-20(18)31-24/h2-10,16H,11-15H2,1H3,(H,25,27,29). The van der Waals surface area contributed by atoms with Crippen molar-refractivity contribution in [2.45, 2.75) is 19.8 Å². The van der Waals surface area contributed by atoms with Crippen molar-refractivity contribution in [1.82, 2.24) is 9.97 Å². The maximum absolute atomic E-state index is 12.4. The highest BCUT2D eigenvalue weighted by molar-refractivity contribution is 7.22. The average molecular weight is 433 g/mol. The number of nitrogens with one attached hydrogen (secondary N) is 1. The molecule has 0 spiro atoms. The summed E-state index contributed by atoms with van der Waals surface area (Å²) in [4.78, 5) is 24.1. The Balaban J connectivity index is 1.30. The molecule has 7 heteroatoms. The van der Waals surface area contributed by atoms with Crippen LogP contribution < -0.4 is 15.0 Å². The minimum Gasteiger partial charge on any atom is -0.481 e. The number of carbonyl (C=O) groups is 1. The van der Waals surface area contributed by atoms with Gasteiger partial charge in [-0.2, -0.15) is 0 Å². The number of aromatic nitrogens is 2. The number of hydrogen-bond donors (Lipinski definition) is 1. The molecule has 0 atom stereocenters. The van der Waals surface area contributed by atoms with E-state index in [9.17, 15) is 4.79 Å². The lowest BCUT2D eigenvalue weighted by molar-refractivity contribution is -0.118. The van der Waals surface area contributed by atoms with E-state index in [1.165, 1.54) is 24.2 Å². The van der Waals surface area contributed by atoms with Crippen molar-refractivity contribution in [1.29, 1.82) is 0 Å². The third kappa shape index (κ3) is 4.32. The van der Waals surface area contributed by atoms with Gasteiger partial charge in [0, 0.05) is 18.5 Å². The minimum atomic E-state index is -0.239. The number of pyridine rings is 1. The molecular formula is C24H24N4O2S. The highest BCUT2D eigenvalue weighted by Crippen LogP contribution is 2.29. The number of amides is 1. The van der Waals surface area contributed by atoms with Crippen LogP contribution in [-0.2, 0) is 4.79 Å². The Labute approximate surface area is 184 Å². The average Bonchev–Trinajstić information content (AvgIpc) is 3.20. The van der Waals surface area contributed by atoms with Crippen molar-refractivity contribution in [3.05, 3.63) is 54.6 Å². The Morgan fingerprint density at radius 2 is 1.94 bits per heavy atom. The first kappa shape index (κ1) is 19.8. The van der Waals surface area contributed by atoms with Gasteiger partial charge in [-0.1, -0.05) is 42.5 Å². The summed E-state index contributed by atoms with van der Waals surface area (Å²) in [6.07, 6.45) is 2.37. The van der Waals surface area contributed by atoms with Gasteiger partial charge < -0.3 is 9.64 Å². The van der Waals surface area contributed by atoms with E-state index in [1.54, 1.807) is 0 Å². The van der Waals surface area contributed by atoms with Gasteiger partial charge in [0.1, 0.15) is 17.1 Å². The summed E-state index contributed by atoms with van der Waals surface area (Å²) in [6.45, 7) is 4.25. The molecule has 6 nitrogen and oxygen atoms in total. The summed E-state index contributed by atoms with van der Waals surface area (Å²) in [5.74, 6) is 2.11. The number of hydrogen-bond acceptors (Lipinski definition) is 6. The lowest BCUT2D eigenvalue weighted by Gasteiger charge is -2.31. The number of ether oxygens (including phenoxy) is 1. The van der Waals surface area contributed by atoms with Crippen LogP contribution in [0.2, 0.25) is 0 Å². The maximum Gasteiger partial charge on any atom is 0.264 e. The Bertz CT molecular complexity index is 1200. The first-order valence-electron chi connectivity index (χ1n) is 10.6. The van der Waals surface area contributed by atoms with Crippen LogP contribution in [0.4, 0.5) is 10.9 Å². The minimum absolute atomic E-state index is 0.0951. The number of nitrogens with zero attached hydrogens (tertiary/aromatic N) is 3. The van der Waals surface area contributed by atoms with Crippen molar-refractivity contribution in [2.75, 3.05) is 29.9 Å². The fourth-order valence-corrected chi connectivity index (χ4v) is 4.75. The Hall–Kier alpha value is -3.19. The highest BCUT2D eigenvalue weighted by atomic mass is 32.1. The predicted octanol–water partition coefficient (Wildman–Crippen LogP) is 5.10. The molecule has 158 valence electrons. The second-order valence-electron chi connectivity index (χ2n) is 7.99. The molecule has 2 aromatic heterocycles. The fraction of sp³-hybridized carbons (Fsp3) is 0.292. The zero-order chi connectivity index (χ0) is 21.2. The van der Waals surface area contributed by atoms with Gasteiger partial charge in [-0.3, -0.25) is 10.1 Å². The summed E-state index contributed by atoms with van der Waals surface area (Å²) >= 11 is 1.45. The van der Waals surface area contributed by atoms with Crippen LogP contribution >= 0.6 is 11.3 Å². The number of carbonyl (C=O) groups excluding carboxylic acids is 1. The Morgan fingerprint density at radius 1 is 1.10 bits per heavy atom. The van der Waals surface area contributed by atoms with Crippen LogP contribution in [0.5, 0.6) is 5.75 Å². The third-order valence-corrected chi connectivity index (χ3v) is 6.63. The van der Waals surface area contributed by atoms with Crippen LogP contribution in [0, 0.1) is 5.92 Å². The van der Waals surface area contributed by atoms with Crippen LogP contribution in [0.1, 0.15) is 19.8 Å². The molecule has 0 bridgehead atoms. The summed E-state index contributed by atoms with van der Waals surface area (Å²) in [5.41, 5.74) is 1.66. The fourth-order valence-electron chi connectivity index (χ4n) is 3.86. The van der Waals surface area contributed by atoms with E-state index in [0.717, 1.165) is 45.9 Å². The van der Waals surface area contributed by atoms with Crippen molar-refractivity contribution >= 4 is 49.3 Å². The van der Waals surface area contributed by atoms with Gasteiger partial charge in [-0.05, 0) is 49.1 Å². The van der Waals surface area contributed by atoms with Gasteiger partial charge in [-0.15, -0.1) is 0 Å². The summed E-state index contributed by atoms with van der Waals surface area (Å²) < 4.78 is 6.91. The molecule has 0 aliphatic carbocycles. The van der Waals surface area contributed by atoms with Crippen molar-refractivity contribution < 1.29 is 9.53 Å². The number of anilines is 2. The molecule has 1 N–H and O–H groups in total. The monoisotopic (exact) mass is 432 g/mol. The quantitative estimate of drug-likeness (QED) is 0.475. The molecule has 4 aromatic rings. The second-order valence-corrected chi connectivity index (χ2v) is 9.02. The molecule has 31 heavy (non-hydrogen) atoms. The number of fused-ring (bicyclic) bond motifs is 2. The largest absolute Gasteiger partial charge is 0.481 e. The number of benzene rings is 2. The number of rotatable bonds is 5. The van der Waals surface area contributed by atoms with Crippen LogP contribution in [0.3, 0.4) is 0 Å². The number of piperidine rings is 1. The van der Waals surface area contributed by atoms with E-state index in [0.29, 0.717) is 10.9 Å². The first-order chi connectivity index (χ1) is 15.2. The molecule has 1 fully saturated rings. The molecule has 1 amide bonds. The first-order valence-corrected chi connectivity index (χ1v) is 11.4. The molecule has 0 unspecified atom stereocenters. The van der Waals surface area contributed by atoms with Gasteiger partial charge in [0.25, 0.3) is 5.91 Å². The van der Waals surface area contributed by atoms with E-state index < -0.39 is 0 Å². The van der Waals surface area contributed by atoms with Crippen molar-refractivity contribution in [3.8, 4) is 5.75 Å². The van der Waals surface area contributed by atoms with Crippen LogP contribution in [-0.4, -0.2) is 35.6 Å². The van der Waals surface area contributed by atoms with E-state index in [4.69, 9.17) is 9.72 Å². The van der Waals surface area contributed by atoms with Crippen molar-refractivity contribution in [3.63, 3.8) is 0 Å². The lowest BCUT2D eigenvalue weighted by Crippen LogP contribution is -2.33. The molecule has 1 aliphatic rings. The zero-order valence-electron chi connectivity index (χ0n) is 17.4. The molecular weight excluding hydrogens is 408 g/mol. The van der Waals surface area contributed by atoms with Gasteiger partial charge in [0.05, 0.1) is 10.2 Å². The maximum atomic E-state index is 12.4. The third-order valence-electron chi connectivity index (χ3n) is 5.68. The highest BCUT2D eigenvalue weighted by Gasteiger charge is 2.18. The number of para-hydroxylation sites is 2. The smallest absolute Gasteiger partial charge is 0.264 e.